The summed E-state index contributed by atoms with van der Waals surface area (Å²) in [6.45, 7) is 2.31. The van der Waals surface area contributed by atoms with Crippen LogP contribution in [0.15, 0.2) is 35.3 Å². The molecule has 29 heavy (non-hydrogen) atoms. The van der Waals surface area contributed by atoms with Gasteiger partial charge in [-0.3, -0.25) is 10.1 Å². The fourth-order valence-corrected chi connectivity index (χ4v) is 2.90. The summed E-state index contributed by atoms with van der Waals surface area (Å²) in [5, 5.41) is 23.1. The SMILES string of the molecule is CCn1nccc1OC(=O)c1ccc(Cn2nnn(C3CC3)c2=O)cc1[N+](=O)[O-]. The highest BCUT2D eigenvalue weighted by molar-refractivity contribution is 5.95. The quantitative estimate of drug-likeness (QED) is 0.327. The standard InChI is InChI=1S/C17H17N7O5/c1-2-21-15(7-8-18-21)29-16(25)13-6-3-11(9-14(13)24(27)28)10-22-17(26)23(20-19-22)12-4-5-12/h3,6-9,12H,2,4-5,10H2,1H3. The third-order valence-corrected chi connectivity index (χ3v) is 4.54. The van der Waals surface area contributed by atoms with Crippen molar-refractivity contribution in [1.82, 2.24) is 29.6 Å². The van der Waals surface area contributed by atoms with Gasteiger partial charge in [-0.05, 0) is 41.8 Å². The van der Waals surface area contributed by atoms with Crippen LogP contribution in [0, 0.1) is 10.1 Å². The van der Waals surface area contributed by atoms with Gasteiger partial charge < -0.3 is 4.74 Å². The molecule has 3 aromatic rings. The minimum Gasteiger partial charge on any atom is -0.404 e. The number of aromatic nitrogens is 6. The van der Waals surface area contributed by atoms with Gasteiger partial charge in [-0.25, -0.2) is 14.3 Å². The van der Waals surface area contributed by atoms with Crippen LogP contribution < -0.4 is 10.4 Å². The van der Waals surface area contributed by atoms with Crippen molar-refractivity contribution in [2.75, 3.05) is 0 Å². The number of nitrogens with zero attached hydrogens (tertiary/aromatic N) is 7. The zero-order valence-corrected chi connectivity index (χ0v) is 15.5. The lowest BCUT2D eigenvalue weighted by Gasteiger charge is -2.07. The normalized spacial score (nSPS) is 13.4. The Hall–Kier alpha value is -3.83. The number of rotatable bonds is 7. The Kier molecular flexibility index (Phi) is 4.66. The van der Waals surface area contributed by atoms with Gasteiger partial charge in [0.05, 0.1) is 23.7 Å². The first kappa shape index (κ1) is 18.5. The lowest BCUT2D eigenvalue weighted by atomic mass is 10.1. The zero-order chi connectivity index (χ0) is 20.5. The van der Waals surface area contributed by atoms with Crippen LogP contribution in [0.1, 0.15) is 41.7 Å². The number of hydrogen-bond acceptors (Lipinski definition) is 8. The second kappa shape index (κ2) is 7.30. The molecule has 1 fully saturated rings. The first-order valence-electron chi connectivity index (χ1n) is 9.01. The van der Waals surface area contributed by atoms with E-state index in [0.29, 0.717) is 12.1 Å². The Bertz CT molecular complexity index is 1140. The first-order chi connectivity index (χ1) is 14.0. The number of hydrogen-bond donors (Lipinski definition) is 0. The van der Waals surface area contributed by atoms with Gasteiger partial charge in [-0.2, -0.15) is 14.5 Å². The molecule has 0 atom stereocenters. The molecule has 1 aliphatic rings. The fraction of sp³-hybridized carbons (Fsp3) is 0.353. The van der Waals surface area contributed by atoms with Crippen molar-refractivity contribution in [2.45, 2.75) is 38.9 Å². The van der Waals surface area contributed by atoms with Crippen molar-refractivity contribution in [3.63, 3.8) is 0 Å². The Morgan fingerprint density at radius 2 is 2.07 bits per heavy atom. The first-order valence-corrected chi connectivity index (χ1v) is 9.01. The second-order valence-electron chi connectivity index (χ2n) is 6.58. The summed E-state index contributed by atoms with van der Waals surface area (Å²) >= 11 is 0. The molecule has 0 aliphatic heterocycles. The summed E-state index contributed by atoms with van der Waals surface area (Å²) < 4.78 is 9.15. The predicted octanol–water partition coefficient (Wildman–Crippen LogP) is 1.17. The Labute approximate surface area is 163 Å². The van der Waals surface area contributed by atoms with Crippen LogP contribution >= 0.6 is 0 Å². The molecule has 12 heteroatoms. The average molecular weight is 399 g/mol. The molecule has 2 heterocycles. The molecule has 0 saturated heterocycles. The highest BCUT2D eigenvalue weighted by atomic mass is 16.6. The molecular weight excluding hydrogens is 382 g/mol. The van der Waals surface area contributed by atoms with E-state index in [4.69, 9.17) is 4.74 Å². The maximum atomic E-state index is 12.5. The highest BCUT2D eigenvalue weighted by Crippen LogP contribution is 2.32. The number of carbonyl (C=O) groups excluding carboxylic acids is 1. The minimum absolute atomic E-state index is 0.00429. The fourth-order valence-electron chi connectivity index (χ4n) is 2.90. The molecule has 1 aliphatic carbocycles. The molecule has 0 bridgehead atoms. The van der Waals surface area contributed by atoms with Crippen LogP contribution in [0.5, 0.6) is 5.88 Å². The molecule has 12 nitrogen and oxygen atoms in total. The molecule has 150 valence electrons. The van der Waals surface area contributed by atoms with E-state index in [-0.39, 0.29) is 29.7 Å². The Morgan fingerprint density at radius 3 is 2.76 bits per heavy atom. The number of aryl methyl sites for hydroxylation is 1. The van der Waals surface area contributed by atoms with Gasteiger partial charge in [0.15, 0.2) is 0 Å². The number of benzene rings is 1. The third-order valence-electron chi connectivity index (χ3n) is 4.54. The van der Waals surface area contributed by atoms with Gasteiger partial charge in [0.25, 0.3) is 5.69 Å². The van der Waals surface area contributed by atoms with E-state index in [1.165, 1.54) is 39.8 Å². The summed E-state index contributed by atoms with van der Waals surface area (Å²) in [5.41, 5.74) is -0.544. The lowest BCUT2D eigenvalue weighted by molar-refractivity contribution is -0.385. The van der Waals surface area contributed by atoms with Crippen molar-refractivity contribution in [3.8, 4) is 5.88 Å². The number of carbonyl (C=O) groups is 1. The maximum Gasteiger partial charge on any atom is 0.364 e. The monoisotopic (exact) mass is 399 g/mol. The molecular formula is C17H17N7O5. The van der Waals surface area contributed by atoms with Gasteiger partial charge >= 0.3 is 11.7 Å². The van der Waals surface area contributed by atoms with Gasteiger partial charge in [-0.15, -0.1) is 0 Å². The van der Waals surface area contributed by atoms with E-state index < -0.39 is 16.6 Å². The largest absolute Gasteiger partial charge is 0.404 e. The molecule has 0 spiro atoms. The summed E-state index contributed by atoms with van der Waals surface area (Å²) in [6.07, 6.45) is 3.24. The molecule has 1 saturated carbocycles. The number of esters is 1. The molecule has 2 aromatic heterocycles. The van der Waals surface area contributed by atoms with E-state index in [1.807, 2.05) is 6.92 Å². The lowest BCUT2D eigenvalue weighted by Crippen LogP contribution is -2.25. The molecule has 1 aromatic carbocycles. The van der Waals surface area contributed by atoms with Gasteiger partial charge in [-0.1, -0.05) is 6.07 Å². The predicted molar refractivity (Wildman–Crippen MR) is 97.6 cm³/mol. The van der Waals surface area contributed by atoms with Gasteiger partial charge in [0, 0.05) is 18.7 Å². The van der Waals surface area contributed by atoms with Crippen molar-refractivity contribution >= 4 is 11.7 Å². The van der Waals surface area contributed by atoms with E-state index >= 15 is 0 Å². The zero-order valence-electron chi connectivity index (χ0n) is 15.5. The molecule has 0 amide bonds. The van der Waals surface area contributed by atoms with Crippen molar-refractivity contribution in [3.05, 3.63) is 62.2 Å². The maximum absolute atomic E-state index is 12.5. The average Bonchev–Trinajstić information content (AvgIpc) is 3.35. The van der Waals surface area contributed by atoms with E-state index in [1.54, 1.807) is 0 Å². The number of ether oxygens (including phenoxy) is 1. The summed E-state index contributed by atoms with van der Waals surface area (Å²) in [4.78, 5) is 35.6. The van der Waals surface area contributed by atoms with E-state index in [0.717, 1.165) is 17.5 Å². The van der Waals surface area contributed by atoms with Crippen molar-refractivity contribution in [1.29, 1.82) is 0 Å². The van der Waals surface area contributed by atoms with Crippen LogP contribution in [-0.2, 0) is 13.1 Å². The van der Waals surface area contributed by atoms with E-state index in [9.17, 15) is 19.7 Å². The Balaban J connectivity index is 1.59. The van der Waals surface area contributed by atoms with Crippen LogP contribution in [0.3, 0.4) is 0 Å². The van der Waals surface area contributed by atoms with Crippen LogP contribution in [0.2, 0.25) is 0 Å². The molecule has 0 N–H and O–H groups in total. The topological polar surface area (TPSA) is 140 Å². The second-order valence-corrected chi connectivity index (χ2v) is 6.58. The van der Waals surface area contributed by atoms with E-state index in [2.05, 4.69) is 15.5 Å². The smallest absolute Gasteiger partial charge is 0.364 e. The van der Waals surface area contributed by atoms with Crippen LogP contribution in [0.4, 0.5) is 5.69 Å². The molecule has 4 rings (SSSR count). The summed E-state index contributed by atoms with van der Waals surface area (Å²) in [6, 6.07) is 5.63. The summed E-state index contributed by atoms with van der Waals surface area (Å²) in [7, 11) is 0. The van der Waals surface area contributed by atoms with Gasteiger partial charge in [0.1, 0.15) is 5.56 Å². The number of nitro benzene ring substituents is 1. The van der Waals surface area contributed by atoms with Crippen LogP contribution in [-0.4, -0.2) is 40.5 Å². The minimum atomic E-state index is -0.865. The number of tetrazole rings is 1. The Morgan fingerprint density at radius 1 is 1.28 bits per heavy atom. The molecule has 0 radical (unpaired) electrons. The van der Waals surface area contributed by atoms with Crippen LogP contribution in [0.25, 0.3) is 0 Å². The number of nitro groups is 1. The molecule has 0 unspecified atom stereocenters. The third kappa shape index (κ3) is 3.63. The van der Waals surface area contributed by atoms with Crippen molar-refractivity contribution < 1.29 is 14.5 Å². The van der Waals surface area contributed by atoms with Gasteiger partial charge in [0.2, 0.25) is 5.88 Å². The highest BCUT2D eigenvalue weighted by Gasteiger charge is 2.28. The van der Waals surface area contributed by atoms with Crippen molar-refractivity contribution in [2.24, 2.45) is 0 Å². The summed E-state index contributed by atoms with van der Waals surface area (Å²) in [5.74, 6) is -0.672.